The number of aliphatic hydroxyl groups excluding tert-OH is 1. The van der Waals surface area contributed by atoms with Crippen LogP contribution in [0.3, 0.4) is 0 Å². The Labute approximate surface area is 192 Å². The summed E-state index contributed by atoms with van der Waals surface area (Å²) >= 11 is 6.16. The topological polar surface area (TPSA) is 113 Å². The maximum absolute atomic E-state index is 12.9. The lowest BCUT2D eigenvalue weighted by molar-refractivity contribution is -0.123. The van der Waals surface area contributed by atoms with Crippen molar-refractivity contribution in [2.75, 3.05) is 18.4 Å². The Morgan fingerprint density at radius 3 is 2.41 bits per heavy atom. The van der Waals surface area contributed by atoms with Gasteiger partial charge >= 0.3 is 5.97 Å². The number of carbonyl (C=O) groups excluding carboxylic acids is 2. The second kappa shape index (κ2) is 10.4. The van der Waals surface area contributed by atoms with Crippen LogP contribution in [0, 0.1) is 0 Å². The van der Waals surface area contributed by atoms with E-state index < -0.39 is 28.0 Å². The van der Waals surface area contributed by atoms with Crippen molar-refractivity contribution in [2.24, 2.45) is 0 Å². The van der Waals surface area contributed by atoms with E-state index in [1.807, 2.05) is 0 Å². The van der Waals surface area contributed by atoms with Gasteiger partial charge in [-0.15, -0.1) is 0 Å². The summed E-state index contributed by atoms with van der Waals surface area (Å²) in [5.41, 5.74) is 0.987. The molecule has 1 fully saturated rings. The number of rotatable bonds is 7. The van der Waals surface area contributed by atoms with Crippen LogP contribution in [0.15, 0.2) is 47.4 Å². The summed E-state index contributed by atoms with van der Waals surface area (Å²) < 4.78 is 32.4. The molecule has 0 saturated carbocycles. The molecular weight excluding hydrogens is 456 g/mol. The maximum Gasteiger partial charge on any atom is 0.338 e. The summed E-state index contributed by atoms with van der Waals surface area (Å²) in [5.74, 6) is -1.36. The number of carbonyl (C=O) groups is 2. The number of amides is 1. The quantitative estimate of drug-likeness (QED) is 0.588. The van der Waals surface area contributed by atoms with Gasteiger partial charge in [0.2, 0.25) is 10.0 Å². The van der Waals surface area contributed by atoms with Gasteiger partial charge in [-0.1, -0.05) is 30.2 Å². The number of benzene rings is 2. The van der Waals surface area contributed by atoms with Crippen molar-refractivity contribution in [3.63, 3.8) is 0 Å². The van der Waals surface area contributed by atoms with E-state index in [4.69, 9.17) is 21.4 Å². The first-order valence-electron chi connectivity index (χ1n) is 10.2. The smallest absolute Gasteiger partial charge is 0.338 e. The van der Waals surface area contributed by atoms with Gasteiger partial charge in [0.25, 0.3) is 5.91 Å². The fourth-order valence-corrected chi connectivity index (χ4v) is 4.99. The molecule has 1 unspecified atom stereocenters. The number of anilines is 1. The first-order chi connectivity index (χ1) is 15.2. The van der Waals surface area contributed by atoms with E-state index in [2.05, 4.69) is 5.32 Å². The number of sulfonamides is 1. The zero-order chi connectivity index (χ0) is 23.3. The largest absolute Gasteiger partial charge is 0.449 e. The number of hydrogen-bond donors (Lipinski definition) is 2. The van der Waals surface area contributed by atoms with E-state index in [1.54, 1.807) is 12.1 Å². The Morgan fingerprint density at radius 1 is 1.12 bits per heavy atom. The molecule has 0 spiro atoms. The molecule has 1 atom stereocenters. The third-order valence-electron chi connectivity index (χ3n) is 5.17. The van der Waals surface area contributed by atoms with Crippen molar-refractivity contribution in [2.45, 2.75) is 43.8 Å². The minimum atomic E-state index is -3.70. The van der Waals surface area contributed by atoms with Gasteiger partial charge in [0.1, 0.15) is 0 Å². The number of ether oxygens (including phenoxy) is 1. The van der Waals surface area contributed by atoms with Crippen molar-refractivity contribution in [1.82, 2.24) is 4.31 Å². The van der Waals surface area contributed by atoms with Gasteiger partial charge in [-0.2, -0.15) is 4.31 Å². The minimum absolute atomic E-state index is 0.0349. The van der Waals surface area contributed by atoms with Gasteiger partial charge in [-0.25, -0.2) is 13.2 Å². The predicted octanol–water partition coefficient (Wildman–Crippen LogP) is 3.19. The molecule has 0 aliphatic carbocycles. The van der Waals surface area contributed by atoms with Crippen LogP contribution in [0.1, 0.15) is 42.1 Å². The lowest BCUT2D eigenvalue weighted by Gasteiger charge is -2.26. The van der Waals surface area contributed by atoms with Gasteiger partial charge < -0.3 is 15.2 Å². The SMILES string of the molecule is CC(OC(=O)c1ccc(CO)cc1)C(=O)Nc1cc(S(=O)(=O)N2CCCCC2)ccc1Cl. The number of nitrogens with one attached hydrogen (secondary N) is 1. The Morgan fingerprint density at radius 2 is 1.78 bits per heavy atom. The molecule has 2 aromatic carbocycles. The van der Waals surface area contributed by atoms with Gasteiger partial charge in [0.15, 0.2) is 6.10 Å². The zero-order valence-corrected chi connectivity index (χ0v) is 19.2. The molecule has 10 heteroatoms. The molecule has 0 bridgehead atoms. The average Bonchev–Trinajstić information content (AvgIpc) is 2.80. The molecule has 172 valence electrons. The molecule has 3 rings (SSSR count). The number of nitrogens with zero attached hydrogens (tertiary/aromatic N) is 1. The van der Waals surface area contributed by atoms with Crippen LogP contribution in [0.25, 0.3) is 0 Å². The highest BCUT2D eigenvalue weighted by atomic mass is 35.5. The first kappa shape index (κ1) is 24.2. The van der Waals surface area contributed by atoms with Crippen molar-refractivity contribution < 1.29 is 27.9 Å². The minimum Gasteiger partial charge on any atom is -0.449 e. The summed E-state index contributed by atoms with van der Waals surface area (Å²) in [6.07, 6.45) is 1.46. The van der Waals surface area contributed by atoms with Crippen molar-refractivity contribution in [1.29, 1.82) is 0 Å². The molecule has 1 aliphatic rings. The summed E-state index contributed by atoms with van der Waals surface area (Å²) in [6, 6.07) is 10.3. The second-order valence-electron chi connectivity index (χ2n) is 7.50. The molecule has 32 heavy (non-hydrogen) atoms. The lowest BCUT2D eigenvalue weighted by atomic mass is 10.1. The zero-order valence-electron chi connectivity index (χ0n) is 17.6. The van der Waals surface area contributed by atoms with E-state index in [0.29, 0.717) is 18.7 Å². The molecule has 1 saturated heterocycles. The summed E-state index contributed by atoms with van der Waals surface area (Å²) in [5, 5.41) is 11.8. The highest BCUT2D eigenvalue weighted by molar-refractivity contribution is 7.89. The monoisotopic (exact) mass is 480 g/mol. The number of hydrogen-bond acceptors (Lipinski definition) is 6. The van der Waals surface area contributed by atoms with E-state index in [0.717, 1.165) is 19.3 Å². The molecule has 1 heterocycles. The van der Waals surface area contributed by atoms with Gasteiger partial charge in [0.05, 0.1) is 27.8 Å². The van der Waals surface area contributed by atoms with Crippen molar-refractivity contribution in [3.8, 4) is 0 Å². The Hall–Kier alpha value is -2.46. The van der Waals surface area contributed by atoms with Crippen LogP contribution in [-0.4, -0.2) is 48.9 Å². The average molecular weight is 481 g/mol. The van der Waals surface area contributed by atoms with E-state index >= 15 is 0 Å². The molecule has 2 N–H and O–H groups in total. The summed E-state index contributed by atoms with van der Waals surface area (Å²) in [7, 11) is -3.70. The number of esters is 1. The Kier molecular flexibility index (Phi) is 7.89. The van der Waals surface area contributed by atoms with Crippen LogP contribution in [0.2, 0.25) is 5.02 Å². The van der Waals surface area contributed by atoms with E-state index in [1.165, 1.54) is 41.6 Å². The van der Waals surface area contributed by atoms with Crippen LogP contribution < -0.4 is 5.32 Å². The van der Waals surface area contributed by atoms with Gasteiger partial charge in [-0.05, 0) is 55.7 Å². The molecule has 0 radical (unpaired) electrons. The number of aliphatic hydroxyl groups is 1. The van der Waals surface area contributed by atoms with Gasteiger partial charge in [-0.3, -0.25) is 4.79 Å². The predicted molar refractivity (Wildman–Crippen MR) is 120 cm³/mol. The molecule has 8 nitrogen and oxygen atoms in total. The molecule has 1 aliphatic heterocycles. The van der Waals surface area contributed by atoms with Crippen LogP contribution in [0.5, 0.6) is 0 Å². The number of halogens is 1. The van der Waals surface area contributed by atoms with Crippen LogP contribution >= 0.6 is 11.6 Å². The third-order valence-corrected chi connectivity index (χ3v) is 7.40. The van der Waals surface area contributed by atoms with Crippen molar-refractivity contribution in [3.05, 3.63) is 58.6 Å². The normalized spacial score (nSPS) is 15.7. The Balaban J connectivity index is 1.69. The first-order valence-corrected chi connectivity index (χ1v) is 12.1. The standard InChI is InChI=1S/C22H25ClN2O6S/c1-15(31-22(28)17-7-5-16(14-26)6-8-17)21(27)24-20-13-18(9-10-19(20)23)32(29,30)25-11-3-2-4-12-25/h5-10,13,15,26H,2-4,11-12,14H2,1H3,(H,24,27). The number of piperidine rings is 1. The molecule has 0 aromatic heterocycles. The molecule has 1 amide bonds. The summed E-state index contributed by atoms with van der Waals surface area (Å²) in [4.78, 5) is 24.9. The summed E-state index contributed by atoms with van der Waals surface area (Å²) in [6.45, 7) is 2.16. The molecule has 2 aromatic rings. The fourth-order valence-electron chi connectivity index (χ4n) is 3.28. The van der Waals surface area contributed by atoms with E-state index in [-0.39, 0.29) is 27.8 Å². The second-order valence-corrected chi connectivity index (χ2v) is 9.84. The highest BCUT2D eigenvalue weighted by Gasteiger charge is 2.27. The Bertz CT molecular complexity index is 1080. The van der Waals surface area contributed by atoms with Gasteiger partial charge in [0, 0.05) is 13.1 Å². The highest BCUT2D eigenvalue weighted by Crippen LogP contribution is 2.28. The van der Waals surface area contributed by atoms with Crippen LogP contribution in [-0.2, 0) is 26.2 Å². The van der Waals surface area contributed by atoms with Crippen LogP contribution in [0.4, 0.5) is 5.69 Å². The lowest BCUT2D eigenvalue weighted by Crippen LogP contribution is -2.35. The fraction of sp³-hybridized carbons (Fsp3) is 0.364. The van der Waals surface area contributed by atoms with E-state index in [9.17, 15) is 18.0 Å². The molecular formula is C22H25ClN2O6S. The maximum atomic E-state index is 12.9. The third kappa shape index (κ3) is 5.66. The van der Waals surface area contributed by atoms with Crippen molar-refractivity contribution >= 4 is 39.2 Å².